The second-order valence-corrected chi connectivity index (χ2v) is 3.58. The van der Waals surface area contributed by atoms with Crippen LogP contribution in [0.1, 0.15) is 12.1 Å². The van der Waals surface area contributed by atoms with Crippen LogP contribution in [-0.4, -0.2) is 43.3 Å². The van der Waals surface area contributed by atoms with E-state index < -0.39 is 0 Å². The highest BCUT2D eigenvalue weighted by Gasteiger charge is 1.96. The predicted molar refractivity (Wildman–Crippen MR) is 62.2 cm³/mol. The molecule has 1 aromatic rings. The summed E-state index contributed by atoms with van der Waals surface area (Å²) in [7, 11) is 3.63. The molecule has 1 rings (SSSR count). The fourth-order valence-corrected chi connectivity index (χ4v) is 1.33. The van der Waals surface area contributed by atoms with Crippen LogP contribution in [0.25, 0.3) is 0 Å². The van der Waals surface area contributed by atoms with E-state index in [1.807, 2.05) is 24.0 Å². The largest absolute Gasteiger partial charge is 0.382 e. The van der Waals surface area contributed by atoms with Crippen molar-refractivity contribution in [3.05, 3.63) is 18.0 Å². The molecule has 5 nitrogen and oxygen atoms in total. The summed E-state index contributed by atoms with van der Waals surface area (Å²) in [5.74, 6) is 0. The van der Waals surface area contributed by atoms with E-state index in [1.165, 1.54) is 5.69 Å². The number of hydrogen-bond acceptors (Lipinski definition) is 4. The molecular weight excluding hydrogens is 206 g/mol. The molecule has 0 aromatic carbocycles. The number of aromatic nitrogens is 2. The van der Waals surface area contributed by atoms with Gasteiger partial charge in [-0.3, -0.25) is 4.68 Å². The van der Waals surface area contributed by atoms with Crippen molar-refractivity contribution < 1.29 is 9.47 Å². The molecule has 92 valence electrons. The minimum absolute atomic E-state index is 0.669. The molecule has 0 spiro atoms. The van der Waals surface area contributed by atoms with Crippen LogP contribution in [0.5, 0.6) is 0 Å². The third-order valence-electron chi connectivity index (χ3n) is 2.30. The van der Waals surface area contributed by atoms with Crippen molar-refractivity contribution in [1.29, 1.82) is 0 Å². The SMILES string of the molecule is COCCOCCCNCc1ccnn1C. The maximum atomic E-state index is 5.35. The second kappa shape index (κ2) is 8.27. The van der Waals surface area contributed by atoms with Crippen LogP contribution in [0.4, 0.5) is 0 Å². The quantitative estimate of drug-likeness (QED) is 0.626. The Morgan fingerprint density at radius 2 is 2.25 bits per heavy atom. The van der Waals surface area contributed by atoms with E-state index in [1.54, 1.807) is 7.11 Å². The first-order chi connectivity index (χ1) is 7.84. The lowest BCUT2D eigenvalue weighted by Gasteiger charge is -2.06. The van der Waals surface area contributed by atoms with Gasteiger partial charge < -0.3 is 14.8 Å². The predicted octanol–water partition coefficient (Wildman–Crippen LogP) is 0.563. The summed E-state index contributed by atoms with van der Waals surface area (Å²) in [6.07, 6.45) is 2.83. The molecule has 0 unspecified atom stereocenters. The number of nitrogens with one attached hydrogen (secondary N) is 1. The summed E-state index contributed by atoms with van der Waals surface area (Å²) in [5, 5.41) is 7.45. The van der Waals surface area contributed by atoms with Gasteiger partial charge in [-0.2, -0.15) is 5.10 Å². The Morgan fingerprint density at radius 3 is 2.94 bits per heavy atom. The van der Waals surface area contributed by atoms with Crippen LogP contribution in [-0.2, 0) is 23.1 Å². The lowest BCUT2D eigenvalue weighted by atomic mass is 10.4. The molecule has 1 heterocycles. The lowest BCUT2D eigenvalue weighted by Crippen LogP contribution is -2.18. The summed E-state index contributed by atoms with van der Waals surface area (Å²) >= 11 is 0. The molecule has 1 N–H and O–H groups in total. The minimum Gasteiger partial charge on any atom is -0.382 e. The monoisotopic (exact) mass is 227 g/mol. The lowest BCUT2D eigenvalue weighted by molar-refractivity contribution is 0.0694. The molecule has 0 radical (unpaired) electrons. The molecule has 0 aliphatic rings. The number of nitrogens with zero attached hydrogens (tertiary/aromatic N) is 2. The van der Waals surface area contributed by atoms with E-state index in [-0.39, 0.29) is 0 Å². The van der Waals surface area contributed by atoms with Gasteiger partial charge in [0.05, 0.1) is 18.9 Å². The van der Waals surface area contributed by atoms with Gasteiger partial charge in [0.2, 0.25) is 0 Å². The van der Waals surface area contributed by atoms with E-state index in [0.717, 1.165) is 26.1 Å². The Labute approximate surface area is 96.7 Å². The molecule has 0 atom stereocenters. The highest BCUT2D eigenvalue weighted by Crippen LogP contribution is 1.94. The van der Waals surface area contributed by atoms with Crippen molar-refractivity contribution in [3.8, 4) is 0 Å². The Bertz CT molecular complexity index is 276. The van der Waals surface area contributed by atoms with Gasteiger partial charge in [0.15, 0.2) is 0 Å². The van der Waals surface area contributed by atoms with Crippen molar-refractivity contribution >= 4 is 0 Å². The van der Waals surface area contributed by atoms with Gasteiger partial charge >= 0.3 is 0 Å². The fourth-order valence-electron chi connectivity index (χ4n) is 1.33. The smallest absolute Gasteiger partial charge is 0.0700 e. The van der Waals surface area contributed by atoms with Crippen molar-refractivity contribution in [3.63, 3.8) is 0 Å². The van der Waals surface area contributed by atoms with Gasteiger partial charge in [0.1, 0.15) is 0 Å². The Hall–Kier alpha value is -0.910. The zero-order valence-electron chi connectivity index (χ0n) is 10.1. The van der Waals surface area contributed by atoms with E-state index in [4.69, 9.17) is 9.47 Å². The summed E-state index contributed by atoms with van der Waals surface area (Å²) in [4.78, 5) is 0. The maximum absolute atomic E-state index is 5.35. The summed E-state index contributed by atoms with van der Waals surface area (Å²) in [6, 6.07) is 2.02. The summed E-state index contributed by atoms with van der Waals surface area (Å²) in [6.45, 7) is 3.94. The Kier molecular flexibility index (Phi) is 6.80. The molecule has 0 saturated heterocycles. The minimum atomic E-state index is 0.669. The third-order valence-corrected chi connectivity index (χ3v) is 2.30. The molecule has 0 fully saturated rings. The normalized spacial score (nSPS) is 10.9. The van der Waals surface area contributed by atoms with Gasteiger partial charge in [-0.05, 0) is 19.0 Å². The number of rotatable bonds is 9. The zero-order chi connectivity index (χ0) is 11.6. The van der Waals surface area contributed by atoms with Crippen LogP contribution >= 0.6 is 0 Å². The average Bonchev–Trinajstić information content (AvgIpc) is 2.68. The Balaban J connectivity index is 1.91. The highest BCUT2D eigenvalue weighted by molar-refractivity contribution is 4.98. The third kappa shape index (κ3) is 5.25. The summed E-state index contributed by atoms with van der Waals surface area (Å²) in [5.41, 5.74) is 1.19. The topological polar surface area (TPSA) is 48.3 Å². The maximum Gasteiger partial charge on any atom is 0.0700 e. The van der Waals surface area contributed by atoms with Crippen molar-refractivity contribution in [2.24, 2.45) is 7.05 Å². The molecule has 0 aliphatic heterocycles. The van der Waals surface area contributed by atoms with Gasteiger partial charge in [-0.15, -0.1) is 0 Å². The molecule has 0 amide bonds. The van der Waals surface area contributed by atoms with Crippen molar-refractivity contribution in [2.75, 3.05) is 33.5 Å². The van der Waals surface area contributed by atoms with Crippen molar-refractivity contribution in [1.82, 2.24) is 15.1 Å². The van der Waals surface area contributed by atoms with Gasteiger partial charge in [0.25, 0.3) is 0 Å². The fraction of sp³-hybridized carbons (Fsp3) is 0.727. The molecule has 5 heteroatoms. The van der Waals surface area contributed by atoms with Crippen LogP contribution in [0, 0.1) is 0 Å². The molecule has 0 bridgehead atoms. The standard InChI is InChI=1S/C11H21N3O2/c1-14-11(4-6-13-14)10-12-5-3-7-16-9-8-15-2/h4,6,12H,3,5,7-10H2,1-2H3. The first-order valence-electron chi connectivity index (χ1n) is 5.59. The summed E-state index contributed by atoms with van der Waals surface area (Å²) < 4.78 is 12.1. The number of hydrogen-bond donors (Lipinski definition) is 1. The molecule has 16 heavy (non-hydrogen) atoms. The molecular formula is C11H21N3O2. The number of methoxy groups -OCH3 is 1. The second-order valence-electron chi connectivity index (χ2n) is 3.58. The molecule has 1 aromatic heterocycles. The van der Waals surface area contributed by atoms with Gasteiger partial charge in [-0.1, -0.05) is 0 Å². The first kappa shape index (κ1) is 13.2. The number of aryl methyl sites for hydroxylation is 1. The van der Waals surface area contributed by atoms with Crippen LogP contribution in [0.2, 0.25) is 0 Å². The highest BCUT2D eigenvalue weighted by atomic mass is 16.5. The first-order valence-corrected chi connectivity index (χ1v) is 5.59. The van der Waals surface area contributed by atoms with E-state index >= 15 is 0 Å². The van der Waals surface area contributed by atoms with E-state index in [2.05, 4.69) is 10.4 Å². The van der Waals surface area contributed by atoms with Crippen LogP contribution in [0.15, 0.2) is 12.3 Å². The zero-order valence-corrected chi connectivity index (χ0v) is 10.1. The molecule has 0 saturated carbocycles. The average molecular weight is 227 g/mol. The van der Waals surface area contributed by atoms with Gasteiger partial charge in [-0.25, -0.2) is 0 Å². The number of ether oxygens (including phenoxy) is 2. The van der Waals surface area contributed by atoms with E-state index in [9.17, 15) is 0 Å². The Morgan fingerprint density at radius 1 is 1.38 bits per heavy atom. The van der Waals surface area contributed by atoms with Gasteiger partial charge in [0, 0.05) is 33.5 Å². The van der Waals surface area contributed by atoms with E-state index in [0.29, 0.717) is 13.2 Å². The van der Waals surface area contributed by atoms with Crippen molar-refractivity contribution in [2.45, 2.75) is 13.0 Å². The van der Waals surface area contributed by atoms with Crippen LogP contribution in [0.3, 0.4) is 0 Å². The molecule has 0 aliphatic carbocycles. The van der Waals surface area contributed by atoms with Crippen LogP contribution < -0.4 is 5.32 Å².